The molecule has 0 aromatic carbocycles. The molecule has 92 valence electrons. The van der Waals surface area contributed by atoms with Gasteiger partial charge < -0.3 is 5.32 Å². The lowest BCUT2D eigenvalue weighted by molar-refractivity contribution is 0.663. The van der Waals surface area contributed by atoms with E-state index in [0.29, 0.717) is 0 Å². The summed E-state index contributed by atoms with van der Waals surface area (Å²) < 4.78 is 1.84. The Bertz CT molecular complexity index is 467. The molecule has 4 nitrogen and oxygen atoms in total. The van der Waals surface area contributed by atoms with Gasteiger partial charge in [0.15, 0.2) is 0 Å². The highest BCUT2D eigenvalue weighted by Crippen LogP contribution is 2.15. The van der Waals surface area contributed by atoms with E-state index in [1.54, 1.807) is 11.3 Å². The maximum atomic E-state index is 4.50. The van der Waals surface area contributed by atoms with Crippen molar-refractivity contribution in [3.05, 3.63) is 33.5 Å². The highest BCUT2D eigenvalue weighted by atomic mass is 32.1. The average Bonchev–Trinajstić information content (AvgIpc) is 2.82. The van der Waals surface area contributed by atoms with Crippen LogP contribution in [0.2, 0.25) is 0 Å². The Morgan fingerprint density at radius 3 is 2.82 bits per heavy atom. The lowest BCUT2D eigenvalue weighted by Gasteiger charge is -2.00. The standard InChI is InChI=1S/C12H18N4S/c1-9-10(2)17-12(14-9)8-13-6-4-11-5-7-16(3)15-11/h5,7,13H,4,6,8H2,1-3H3. The lowest BCUT2D eigenvalue weighted by Crippen LogP contribution is -2.16. The van der Waals surface area contributed by atoms with Gasteiger partial charge >= 0.3 is 0 Å². The van der Waals surface area contributed by atoms with E-state index in [-0.39, 0.29) is 0 Å². The second-order valence-corrected chi connectivity index (χ2v) is 5.44. The monoisotopic (exact) mass is 250 g/mol. The largest absolute Gasteiger partial charge is 0.310 e. The molecule has 0 amide bonds. The number of aryl methyl sites for hydroxylation is 3. The van der Waals surface area contributed by atoms with Gasteiger partial charge in [-0.25, -0.2) is 4.98 Å². The summed E-state index contributed by atoms with van der Waals surface area (Å²) in [5.41, 5.74) is 2.28. The summed E-state index contributed by atoms with van der Waals surface area (Å²) in [6, 6.07) is 2.05. The Morgan fingerprint density at radius 1 is 1.41 bits per heavy atom. The summed E-state index contributed by atoms with van der Waals surface area (Å²) in [6.07, 6.45) is 2.94. The summed E-state index contributed by atoms with van der Waals surface area (Å²) in [7, 11) is 1.94. The topological polar surface area (TPSA) is 42.7 Å². The van der Waals surface area contributed by atoms with Crippen LogP contribution in [-0.4, -0.2) is 21.3 Å². The Balaban J connectivity index is 1.73. The zero-order chi connectivity index (χ0) is 12.3. The molecule has 0 aliphatic carbocycles. The molecular weight excluding hydrogens is 232 g/mol. The first kappa shape index (κ1) is 12.3. The van der Waals surface area contributed by atoms with Gasteiger partial charge in [0.2, 0.25) is 0 Å². The fourth-order valence-corrected chi connectivity index (χ4v) is 2.53. The van der Waals surface area contributed by atoms with E-state index >= 15 is 0 Å². The molecule has 2 aromatic heterocycles. The Morgan fingerprint density at radius 2 is 2.24 bits per heavy atom. The SMILES string of the molecule is Cc1nc(CNCCc2ccn(C)n2)sc1C. The quantitative estimate of drug-likeness (QED) is 0.823. The molecule has 2 rings (SSSR count). The number of nitrogens with one attached hydrogen (secondary N) is 1. The van der Waals surface area contributed by atoms with Crippen LogP contribution in [0.4, 0.5) is 0 Å². The molecule has 2 aromatic rings. The highest BCUT2D eigenvalue weighted by Gasteiger charge is 2.03. The van der Waals surface area contributed by atoms with E-state index in [0.717, 1.165) is 30.9 Å². The first-order valence-corrected chi connectivity index (χ1v) is 6.59. The molecule has 0 saturated heterocycles. The third kappa shape index (κ3) is 3.38. The number of nitrogens with zero attached hydrogens (tertiary/aromatic N) is 3. The van der Waals surface area contributed by atoms with Gasteiger partial charge in [0, 0.05) is 37.6 Å². The maximum absolute atomic E-state index is 4.50. The zero-order valence-electron chi connectivity index (χ0n) is 10.5. The number of hydrogen-bond donors (Lipinski definition) is 1. The first-order chi connectivity index (χ1) is 8.15. The van der Waals surface area contributed by atoms with Crippen LogP contribution in [-0.2, 0) is 20.0 Å². The van der Waals surface area contributed by atoms with Gasteiger partial charge in [0.25, 0.3) is 0 Å². The van der Waals surface area contributed by atoms with E-state index in [1.807, 2.05) is 17.9 Å². The Hall–Kier alpha value is -1.20. The summed E-state index contributed by atoms with van der Waals surface area (Å²) >= 11 is 1.77. The van der Waals surface area contributed by atoms with E-state index in [4.69, 9.17) is 0 Å². The van der Waals surface area contributed by atoms with Gasteiger partial charge in [0.05, 0.1) is 11.4 Å². The summed E-state index contributed by atoms with van der Waals surface area (Å²) in [4.78, 5) is 5.81. The fourth-order valence-electron chi connectivity index (χ4n) is 1.62. The molecule has 0 spiro atoms. The number of rotatable bonds is 5. The van der Waals surface area contributed by atoms with Gasteiger partial charge in [-0.2, -0.15) is 5.10 Å². The molecule has 0 saturated carbocycles. The molecule has 5 heteroatoms. The van der Waals surface area contributed by atoms with Crippen LogP contribution in [0, 0.1) is 13.8 Å². The Labute approximate surface area is 106 Å². The van der Waals surface area contributed by atoms with Gasteiger partial charge in [-0.1, -0.05) is 0 Å². The van der Waals surface area contributed by atoms with Crippen molar-refractivity contribution in [1.29, 1.82) is 0 Å². The molecule has 0 unspecified atom stereocenters. The van der Waals surface area contributed by atoms with E-state index < -0.39 is 0 Å². The van der Waals surface area contributed by atoms with E-state index in [9.17, 15) is 0 Å². The molecule has 0 aliphatic rings. The summed E-state index contributed by atoms with van der Waals surface area (Å²) in [5.74, 6) is 0. The minimum atomic E-state index is 0.853. The molecular formula is C12H18N4S. The molecule has 0 aliphatic heterocycles. The second-order valence-electron chi connectivity index (χ2n) is 4.16. The van der Waals surface area contributed by atoms with Crippen molar-refractivity contribution >= 4 is 11.3 Å². The van der Waals surface area contributed by atoms with Crippen LogP contribution in [0.3, 0.4) is 0 Å². The van der Waals surface area contributed by atoms with Gasteiger partial charge in [-0.05, 0) is 19.9 Å². The molecule has 17 heavy (non-hydrogen) atoms. The predicted molar refractivity (Wildman–Crippen MR) is 70.2 cm³/mol. The van der Waals surface area contributed by atoms with Crippen molar-refractivity contribution in [3.63, 3.8) is 0 Å². The number of thiazole rings is 1. The molecule has 0 radical (unpaired) electrons. The minimum absolute atomic E-state index is 0.853. The van der Waals surface area contributed by atoms with Crippen molar-refractivity contribution < 1.29 is 0 Å². The van der Waals surface area contributed by atoms with E-state index in [2.05, 4.69) is 35.3 Å². The number of hydrogen-bond acceptors (Lipinski definition) is 4. The maximum Gasteiger partial charge on any atom is 0.107 e. The van der Waals surface area contributed by atoms with Crippen molar-refractivity contribution in [3.8, 4) is 0 Å². The smallest absolute Gasteiger partial charge is 0.107 e. The fraction of sp³-hybridized carbons (Fsp3) is 0.500. The summed E-state index contributed by atoms with van der Waals surface area (Å²) in [5, 5.41) is 8.90. The van der Waals surface area contributed by atoms with E-state index in [1.165, 1.54) is 9.88 Å². The molecule has 2 heterocycles. The third-order valence-corrected chi connectivity index (χ3v) is 3.75. The first-order valence-electron chi connectivity index (χ1n) is 5.77. The van der Waals surface area contributed by atoms with Gasteiger partial charge in [-0.15, -0.1) is 11.3 Å². The van der Waals surface area contributed by atoms with Crippen LogP contribution in [0.15, 0.2) is 12.3 Å². The van der Waals surface area contributed by atoms with Crippen molar-refractivity contribution in [2.24, 2.45) is 7.05 Å². The van der Waals surface area contributed by atoms with Crippen LogP contribution in [0.5, 0.6) is 0 Å². The summed E-state index contributed by atoms with van der Waals surface area (Å²) in [6.45, 7) is 5.97. The predicted octanol–water partition coefficient (Wildman–Crippen LogP) is 1.83. The molecule has 0 fully saturated rings. The van der Waals surface area contributed by atoms with Gasteiger partial charge in [0.1, 0.15) is 5.01 Å². The molecule has 0 bridgehead atoms. The average molecular weight is 250 g/mol. The zero-order valence-corrected chi connectivity index (χ0v) is 11.3. The van der Waals surface area contributed by atoms with Crippen molar-refractivity contribution in [2.45, 2.75) is 26.8 Å². The normalized spacial score (nSPS) is 11.0. The second kappa shape index (κ2) is 5.42. The van der Waals surface area contributed by atoms with Crippen molar-refractivity contribution in [1.82, 2.24) is 20.1 Å². The highest BCUT2D eigenvalue weighted by molar-refractivity contribution is 7.11. The lowest BCUT2D eigenvalue weighted by atomic mass is 10.3. The van der Waals surface area contributed by atoms with Crippen LogP contribution >= 0.6 is 11.3 Å². The van der Waals surface area contributed by atoms with Crippen LogP contribution in [0.1, 0.15) is 21.3 Å². The third-order valence-electron chi connectivity index (χ3n) is 2.68. The molecule has 0 atom stereocenters. The minimum Gasteiger partial charge on any atom is -0.310 e. The Kier molecular flexibility index (Phi) is 3.91. The molecule has 1 N–H and O–H groups in total. The number of aromatic nitrogens is 3. The van der Waals surface area contributed by atoms with Crippen LogP contribution in [0.25, 0.3) is 0 Å². The van der Waals surface area contributed by atoms with Crippen molar-refractivity contribution in [2.75, 3.05) is 6.54 Å². The van der Waals surface area contributed by atoms with Crippen LogP contribution < -0.4 is 5.32 Å². The van der Waals surface area contributed by atoms with Gasteiger partial charge in [-0.3, -0.25) is 4.68 Å².